The number of nitrogens with one attached hydrogen (secondary N) is 1. The summed E-state index contributed by atoms with van der Waals surface area (Å²) >= 11 is 0. The zero-order chi connectivity index (χ0) is 15.4. The third-order valence-electron chi connectivity index (χ3n) is 3.34. The van der Waals surface area contributed by atoms with Crippen molar-refractivity contribution in [2.45, 2.75) is 6.42 Å². The molecule has 3 N–H and O–H groups in total. The van der Waals surface area contributed by atoms with Gasteiger partial charge in [-0.1, -0.05) is 0 Å². The maximum atomic E-state index is 12.3. The Bertz CT molecular complexity index is 633. The predicted octanol–water partition coefficient (Wildman–Crippen LogP) is 1.04. The molecular formula is C15H21N5O. The minimum absolute atomic E-state index is 0.117. The number of nitrogens with zero attached hydrogens (tertiary/aromatic N) is 3. The number of anilines is 2. The topological polar surface area (TPSA) is 76.2 Å². The van der Waals surface area contributed by atoms with E-state index in [4.69, 9.17) is 5.73 Å². The van der Waals surface area contributed by atoms with Gasteiger partial charge in [0.1, 0.15) is 0 Å². The van der Waals surface area contributed by atoms with E-state index in [1.807, 2.05) is 38.2 Å². The molecule has 112 valence electrons. The van der Waals surface area contributed by atoms with Crippen molar-refractivity contribution < 1.29 is 4.79 Å². The number of nitrogen functional groups attached to an aromatic ring is 1. The van der Waals surface area contributed by atoms with E-state index < -0.39 is 0 Å². The average Bonchev–Trinajstić information content (AvgIpc) is 2.84. The van der Waals surface area contributed by atoms with Crippen LogP contribution in [0.2, 0.25) is 0 Å². The lowest BCUT2D eigenvalue weighted by molar-refractivity contribution is 0.0954. The number of rotatable bonds is 5. The van der Waals surface area contributed by atoms with Crippen LogP contribution in [0.5, 0.6) is 0 Å². The first-order chi connectivity index (χ1) is 9.99. The van der Waals surface area contributed by atoms with Crippen molar-refractivity contribution in [2.75, 3.05) is 31.3 Å². The summed E-state index contributed by atoms with van der Waals surface area (Å²) in [5, 5.41) is 7.03. The molecule has 2 rings (SSSR count). The van der Waals surface area contributed by atoms with Crippen molar-refractivity contribution in [2.24, 2.45) is 7.05 Å². The predicted molar refractivity (Wildman–Crippen MR) is 84.4 cm³/mol. The summed E-state index contributed by atoms with van der Waals surface area (Å²) in [4.78, 5) is 14.2. The Morgan fingerprint density at radius 2 is 2.14 bits per heavy atom. The number of aryl methyl sites for hydroxylation is 1. The molecule has 0 bridgehead atoms. The van der Waals surface area contributed by atoms with Crippen LogP contribution in [0.25, 0.3) is 0 Å². The molecule has 6 heteroatoms. The summed E-state index contributed by atoms with van der Waals surface area (Å²) in [6, 6.07) is 7.29. The van der Waals surface area contributed by atoms with Gasteiger partial charge >= 0.3 is 0 Å². The van der Waals surface area contributed by atoms with E-state index in [9.17, 15) is 4.79 Å². The highest BCUT2D eigenvalue weighted by Gasteiger charge is 2.13. The van der Waals surface area contributed by atoms with Crippen molar-refractivity contribution in [3.8, 4) is 0 Å². The summed E-state index contributed by atoms with van der Waals surface area (Å²) in [5.41, 5.74) is 8.88. The van der Waals surface area contributed by atoms with Crippen molar-refractivity contribution in [1.29, 1.82) is 0 Å². The fraction of sp³-hybridized carbons (Fsp3) is 0.333. The number of carbonyl (C=O) groups excluding carboxylic acids is 1. The smallest absolute Gasteiger partial charge is 0.253 e. The second kappa shape index (κ2) is 6.30. The van der Waals surface area contributed by atoms with E-state index in [1.54, 1.807) is 23.0 Å². The number of hydrogen-bond donors (Lipinski definition) is 2. The van der Waals surface area contributed by atoms with Crippen molar-refractivity contribution in [3.63, 3.8) is 0 Å². The van der Waals surface area contributed by atoms with Gasteiger partial charge in [0.25, 0.3) is 5.91 Å². The zero-order valence-corrected chi connectivity index (χ0v) is 12.6. The fourth-order valence-electron chi connectivity index (χ4n) is 2.17. The Morgan fingerprint density at radius 3 is 2.76 bits per heavy atom. The van der Waals surface area contributed by atoms with E-state index in [-0.39, 0.29) is 5.91 Å². The summed E-state index contributed by atoms with van der Waals surface area (Å²) in [6.07, 6.45) is 2.49. The summed E-state index contributed by atoms with van der Waals surface area (Å²) < 4.78 is 1.80. The lowest BCUT2D eigenvalue weighted by Gasteiger charge is -2.17. The molecule has 1 aromatic carbocycles. The zero-order valence-electron chi connectivity index (χ0n) is 12.6. The van der Waals surface area contributed by atoms with Crippen LogP contribution in [-0.2, 0) is 13.5 Å². The number of benzene rings is 1. The van der Waals surface area contributed by atoms with Gasteiger partial charge in [-0.3, -0.25) is 9.48 Å². The number of hydrogen-bond acceptors (Lipinski definition) is 4. The van der Waals surface area contributed by atoms with Gasteiger partial charge in [0.15, 0.2) is 0 Å². The van der Waals surface area contributed by atoms with E-state index in [2.05, 4.69) is 10.4 Å². The Labute approximate surface area is 124 Å². The number of aromatic nitrogens is 2. The normalized spacial score (nSPS) is 10.4. The lowest BCUT2D eigenvalue weighted by Crippen LogP contribution is -2.28. The minimum Gasteiger partial charge on any atom is -0.399 e. The molecule has 0 aliphatic carbocycles. The molecule has 0 unspecified atom stereocenters. The number of amides is 1. The molecule has 0 saturated carbocycles. The Balaban J connectivity index is 2.03. The Kier molecular flexibility index (Phi) is 4.47. The number of nitrogens with two attached hydrogens (primary N) is 1. The van der Waals surface area contributed by atoms with Crippen LogP contribution in [0, 0.1) is 0 Å². The first-order valence-corrected chi connectivity index (χ1v) is 6.81. The van der Waals surface area contributed by atoms with Gasteiger partial charge in [0, 0.05) is 57.4 Å². The average molecular weight is 287 g/mol. The molecular weight excluding hydrogens is 266 g/mol. The van der Waals surface area contributed by atoms with Crippen molar-refractivity contribution >= 4 is 17.3 Å². The standard InChI is InChI=1S/C15H21N5O/c1-19(2)14-5-4-11(16)10-13(14)15(21)17-8-6-12-7-9-18-20(12)3/h4-5,7,9-10H,6,8,16H2,1-3H3,(H,17,21). The molecule has 0 spiro atoms. The first kappa shape index (κ1) is 14.9. The summed E-state index contributed by atoms with van der Waals surface area (Å²) in [5.74, 6) is -0.117. The van der Waals surface area contributed by atoms with Crippen LogP contribution in [0.1, 0.15) is 16.1 Å². The third-order valence-corrected chi connectivity index (χ3v) is 3.34. The van der Waals surface area contributed by atoms with Crippen LogP contribution in [0.4, 0.5) is 11.4 Å². The van der Waals surface area contributed by atoms with Gasteiger partial charge in [0.2, 0.25) is 0 Å². The minimum atomic E-state index is -0.117. The first-order valence-electron chi connectivity index (χ1n) is 6.81. The van der Waals surface area contributed by atoms with Crippen LogP contribution in [0.3, 0.4) is 0 Å². The van der Waals surface area contributed by atoms with Crippen molar-refractivity contribution in [3.05, 3.63) is 41.7 Å². The van der Waals surface area contributed by atoms with Gasteiger partial charge in [0.05, 0.1) is 5.56 Å². The van der Waals surface area contributed by atoms with Crippen LogP contribution in [0.15, 0.2) is 30.5 Å². The SMILES string of the molecule is CN(C)c1ccc(N)cc1C(=O)NCCc1ccnn1C. The number of carbonyl (C=O) groups is 1. The van der Waals surface area contributed by atoms with Gasteiger partial charge < -0.3 is 16.0 Å². The van der Waals surface area contributed by atoms with E-state index in [0.29, 0.717) is 17.8 Å². The molecule has 2 aromatic rings. The molecule has 0 radical (unpaired) electrons. The summed E-state index contributed by atoms with van der Waals surface area (Å²) in [6.45, 7) is 0.556. The van der Waals surface area contributed by atoms with Gasteiger partial charge in [-0.15, -0.1) is 0 Å². The molecule has 0 fully saturated rings. The van der Waals surface area contributed by atoms with Gasteiger partial charge in [-0.05, 0) is 24.3 Å². The molecule has 1 aromatic heterocycles. The van der Waals surface area contributed by atoms with E-state index >= 15 is 0 Å². The molecule has 0 aliphatic heterocycles. The monoisotopic (exact) mass is 287 g/mol. The highest BCUT2D eigenvalue weighted by atomic mass is 16.1. The van der Waals surface area contributed by atoms with E-state index in [1.165, 1.54) is 0 Å². The van der Waals surface area contributed by atoms with Crippen molar-refractivity contribution in [1.82, 2.24) is 15.1 Å². The second-order valence-corrected chi connectivity index (χ2v) is 5.12. The molecule has 0 atom stereocenters. The third kappa shape index (κ3) is 3.53. The molecule has 0 aliphatic rings. The van der Waals surface area contributed by atoms with Crippen LogP contribution < -0.4 is 16.0 Å². The quantitative estimate of drug-likeness (QED) is 0.806. The maximum Gasteiger partial charge on any atom is 0.253 e. The van der Waals surface area contributed by atoms with Crippen LogP contribution in [-0.4, -0.2) is 36.3 Å². The second-order valence-electron chi connectivity index (χ2n) is 5.12. The Hall–Kier alpha value is -2.50. The van der Waals surface area contributed by atoms with Gasteiger partial charge in [-0.25, -0.2) is 0 Å². The molecule has 1 heterocycles. The summed E-state index contributed by atoms with van der Waals surface area (Å²) in [7, 11) is 5.69. The molecule has 1 amide bonds. The maximum absolute atomic E-state index is 12.3. The largest absolute Gasteiger partial charge is 0.399 e. The van der Waals surface area contributed by atoms with E-state index in [0.717, 1.165) is 17.8 Å². The molecule has 6 nitrogen and oxygen atoms in total. The van der Waals surface area contributed by atoms with Gasteiger partial charge in [-0.2, -0.15) is 5.10 Å². The highest BCUT2D eigenvalue weighted by Crippen LogP contribution is 2.21. The molecule has 0 saturated heterocycles. The van der Waals surface area contributed by atoms with Crippen LogP contribution >= 0.6 is 0 Å². The lowest BCUT2D eigenvalue weighted by atomic mass is 10.1. The fourth-order valence-corrected chi connectivity index (χ4v) is 2.17. The molecule has 21 heavy (non-hydrogen) atoms. The Morgan fingerprint density at radius 1 is 1.38 bits per heavy atom. The highest BCUT2D eigenvalue weighted by molar-refractivity contribution is 6.00.